The maximum atomic E-state index is 12.1. The molecule has 0 N–H and O–H groups in total. The van der Waals surface area contributed by atoms with Crippen LogP contribution in [0.25, 0.3) is 17.4 Å². The molecular weight excluding hydrogens is 414 g/mol. The van der Waals surface area contributed by atoms with Crippen LogP contribution in [-0.2, 0) is 4.79 Å². The lowest BCUT2D eigenvalue weighted by Crippen LogP contribution is -2.28. The zero-order valence-electron chi connectivity index (χ0n) is 12.1. The van der Waals surface area contributed by atoms with Gasteiger partial charge in [-0.2, -0.15) is 0 Å². The maximum Gasteiger partial charge on any atom is 0.294 e. The summed E-state index contributed by atoms with van der Waals surface area (Å²) in [5, 5.41) is 0.191. The van der Waals surface area contributed by atoms with Crippen LogP contribution in [0.1, 0.15) is 5.76 Å². The van der Waals surface area contributed by atoms with Crippen LogP contribution in [0.4, 0.5) is 4.79 Å². The van der Waals surface area contributed by atoms with Gasteiger partial charge < -0.3 is 4.42 Å². The highest BCUT2D eigenvalue weighted by Crippen LogP contribution is 2.34. The fraction of sp³-hybridized carbons (Fsp3) is 0.0588. The quantitative estimate of drug-likeness (QED) is 0.514. The molecule has 24 heavy (non-hydrogen) atoms. The van der Waals surface area contributed by atoms with E-state index in [9.17, 15) is 9.59 Å². The molecule has 2 amide bonds. The van der Waals surface area contributed by atoms with Gasteiger partial charge in [-0.15, -0.1) is 6.42 Å². The summed E-state index contributed by atoms with van der Waals surface area (Å²) in [4.78, 5) is 25.2. The Morgan fingerprint density at radius 3 is 2.83 bits per heavy atom. The van der Waals surface area contributed by atoms with E-state index in [0.29, 0.717) is 16.5 Å². The molecule has 120 valence electrons. The Bertz CT molecular complexity index is 913. The lowest BCUT2D eigenvalue weighted by atomic mass is 10.2. The van der Waals surface area contributed by atoms with Gasteiger partial charge in [0.1, 0.15) is 11.5 Å². The Balaban J connectivity index is 1.86. The second kappa shape index (κ2) is 6.89. The molecule has 4 nitrogen and oxygen atoms in total. The molecule has 1 aromatic carbocycles. The Labute approximate surface area is 156 Å². The fourth-order valence-corrected chi connectivity index (χ4v) is 3.34. The highest BCUT2D eigenvalue weighted by Gasteiger charge is 2.34. The molecule has 1 aliphatic heterocycles. The van der Waals surface area contributed by atoms with Gasteiger partial charge >= 0.3 is 0 Å². The van der Waals surface area contributed by atoms with Gasteiger partial charge in [0.2, 0.25) is 0 Å². The van der Waals surface area contributed by atoms with Crippen LogP contribution in [0, 0.1) is 12.3 Å². The van der Waals surface area contributed by atoms with Gasteiger partial charge in [-0.3, -0.25) is 14.5 Å². The minimum atomic E-state index is -0.410. The van der Waals surface area contributed by atoms with Gasteiger partial charge in [0.25, 0.3) is 11.1 Å². The topological polar surface area (TPSA) is 50.5 Å². The Morgan fingerprint density at radius 2 is 2.12 bits per heavy atom. The van der Waals surface area contributed by atoms with Crippen LogP contribution in [0.15, 0.2) is 44.1 Å². The van der Waals surface area contributed by atoms with E-state index in [4.69, 9.17) is 22.4 Å². The van der Waals surface area contributed by atoms with Crippen molar-refractivity contribution in [1.82, 2.24) is 4.90 Å². The third-order valence-electron chi connectivity index (χ3n) is 3.23. The summed E-state index contributed by atoms with van der Waals surface area (Å²) < 4.78 is 6.51. The molecule has 1 fully saturated rings. The summed E-state index contributed by atoms with van der Waals surface area (Å²) in [5.74, 6) is 2.96. The van der Waals surface area contributed by atoms with E-state index < -0.39 is 5.91 Å². The molecule has 0 atom stereocenters. The molecule has 0 bridgehead atoms. The fourth-order valence-electron chi connectivity index (χ4n) is 2.09. The number of rotatable bonds is 3. The molecule has 0 spiro atoms. The summed E-state index contributed by atoms with van der Waals surface area (Å²) in [6, 6.07) is 8.96. The molecule has 7 heteroatoms. The van der Waals surface area contributed by atoms with Gasteiger partial charge in [-0.25, -0.2) is 0 Å². The number of halogens is 2. The zero-order valence-corrected chi connectivity index (χ0v) is 15.2. The first-order chi connectivity index (χ1) is 11.5. The number of carbonyl (C=O) groups is 2. The maximum absolute atomic E-state index is 12.1. The minimum Gasteiger partial charge on any atom is -0.457 e. The van der Waals surface area contributed by atoms with Crippen molar-refractivity contribution in [2.75, 3.05) is 6.54 Å². The first-order valence-corrected chi connectivity index (χ1v) is 8.72. The van der Waals surface area contributed by atoms with Crippen LogP contribution >= 0.6 is 39.3 Å². The van der Waals surface area contributed by atoms with Gasteiger partial charge in [0, 0.05) is 16.1 Å². The average molecular weight is 423 g/mol. The van der Waals surface area contributed by atoms with E-state index >= 15 is 0 Å². The summed E-state index contributed by atoms with van der Waals surface area (Å²) in [6.45, 7) is -0.0389. The minimum absolute atomic E-state index is 0.0389. The summed E-state index contributed by atoms with van der Waals surface area (Å²) in [7, 11) is 0. The zero-order chi connectivity index (χ0) is 17.3. The molecule has 0 unspecified atom stereocenters. The molecule has 2 heterocycles. The molecule has 2 aromatic rings. The second-order valence-corrected chi connectivity index (χ2v) is 7.06. The van der Waals surface area contributed by atoms with Crippen molar-refractivity contribution in [2.24, 2.45) is 0 Å². The van der Waals surface area contributed by atoms with Crippen molar-refractivity contribution in [2.45, 2.75) is 0 Å². The Hall–Kier alpha value is -1.94. The SMILES string of the molecule is C#CCN1C(=O)S/C(=C/c2ccc(-c3ccc(Br)c(Cl)c3)o2)C1=O. The number of amides is 2. The molecule has 0 aliphatic carbocycles. The Kier molecular flexibility index (Phi) is 4.86. The van der Waals surface area contributed by atoms with Crippen LogP contribution in [0.2, 0.25) is 5.02 Å². The van der Waals surface area contributed by atoms with Crippen LogP contribution in [0.5, 0.6) is 0 Å². The number of benzene rings is 1. The van der Waals surface area contributed by atoms with E-state index in [1.165, 1.54) is 6.08 Å². The van der Waals surface area contributed by atoms with Crippen molar-refractivity contribution < 1.29 is 14.0 Å². The number of terminal acetylenes is 1. The monoisotopic (exact) mass is 421 g/mol. The highest BCUT2D eigenvalue weighted by molar-refractivity contribution is 9.10. The average Bonchev–Trinajstić information content (AvgIpc) is 3.11. The summed E-state index contributed by atoms with van der Waals surface area (Å²) in [5.41, 5.74) is 0.809. The largest absolute Gasteiger partial charge is 0.457 e. The second-order valence-electron chi connectivity index (χ2n) is 4.80. The van der Waals surface area contributed by atoms with Crippen molar-refractivity contribution in [3.8, 4) is 23.7 Å². The van der Waals surface area contributed by atoms with Crippen LogP contribution in [0.3, 0.4) is 0 Å². The molecule has 3 rings (SSSR count). The predicted octanol–water partition coefficient (Wildman–Crippen LogP) is 5.03. The molecule has 1 saturated heterocycles. The number of hydrogen-bond donors (Lipinski definition) is 0. The summed E-state index contributed by atoms with van der Waals surface area (Å²) in [6.07, 6.45) is 6.70. The van der Waals surface area contributed by atoms with E-state index in [0.717, 1.165) is 26.7 Å². The first-order valence-electron chi connectivity index (χ1n) is 6.73. The van der Waals surface area contributed by atoms with Crippen molar-refractivity contribution in [1.29, 1.82) is 0 Å². The number of carbonyl (C=O) groups excluding carboxylic acids is 2. The number of hydrogen-bond acceptors (Lipinski definition) is 4. The van der Waals surface area contributed by atoms with Gasteiger partial charge in [0.15, 0.2) is 0 Å². The van der Waals surface area contributed by atoms with E-state index in [-0.39, 0.29) is 16.7 Å². The lowest BCUT2D eigenvalue weighted by molar-refractivity contribution is -0.122. The molecular formula is C17H9BrClNO3S. The molecule has 0 radical (unpaired) electrons. The number of imide groups is 1. The van der Waals surface area contributed by atoms with Crippen LogP contribution < -0.4 is 0 Å². The van der Waals surface area contributed by atoms with Crippen molar-refractivity contribution in [3.05, 3.63) is 50.5 Å². The van der Waals surface area contributed by atoms with Gasteiger partial charge in [-0.1, -0.05) is 23.6 Å². The smallest absolute Gasteiger partial charge is 0.294 e. The predicted molar refractivity (Wildman–Crippen MR) is 98.4 cm³/mol. The normalized spacial score (nSPS) is 16.0. The van der Waals surface area contributed by atoms with Crippen molar-refractivity contribution in [3.63, 3.8) is 0 Å². The molecule has 1 aromatic heterocycles. The van der Waals surface area contributed by atoms with Crippen LogP contribution in [-0.4, -0.2) is 22.6 Å². The van der Waals surface area contributed by atoms with Gasteiger partial charge in [-0.05, 0) is 52.0 Å². The van der Waals surface area contributed by atoms with E-state index in [1.54, 1.807) is 18.2 Å². The Morgan fingerprint density at radius 1 is 1.33 bits per heavy atom. The third-order valence-corrected chi connectivity index (χ3v) is 5.37. The van der Waals surface area contributed by atoms with Crippen molar-refractivity contribution >= 4 is 56.5 Å². The standard InChI is InChI=1S/C17H9BrClNO3S/c1-2-7-20-16(21)15(24-17(20)22)9-11-4-6-14(23-11)10-3-5-12(18)13(19)8-10/h1,3-6,8-9H,7H2/b15-9+. The van der Waals surface area contributed by atoms with E-state index in [1.807, 2.05) is 12.1 Å². The summed E-state index contributed by atoms with van der Waals surface area (Å²) >= 11 is 10.3. The number of nitrogens with zero attached hydrogens (tertiary/aromatic N) is 1. The number of thioether (sulfide) groups is 1. The van der Waals surface area contributed by atoms with Gasteiger partial charge in [0.05, 0.1) is 16.5 Å². The lowest BCUT2D eigenvalue weighted by Gasteiger charge is -2.06. The number of furan rings is 1. The first kappa shape index (κ1) is 16.9. The third kappa shape index (κ3) is 3.29. The molecule has 0 saturated carbocycles. The van der Waals surface area contributed by atoms with E-state index in [2.05, 4.69) is 21.9 Å². The highest BCUT2D eigenvalue weighted by atomic mass is 79.9. The molecule has 1 aliphatic rings.